The molecule has 0 amide bonds. The van der Waals surface area contributed by atoms with Crippen molar-refractivity contribution in [1.82, 2.24) is 0 Å². The zero-order valence-electron chi connectivity index (χ0n) is 8.52. The molecular formula is C11H20O. The summed E-state index contributed by atoms with van der Waals surface area (Å²) < 4.78 is 0. The highest BCUT2D eigenvalue weighted by Crippen LogP contribution is 2.17. The molecule has 1 atom stereocenters. The number of hydrogen-bond donors (Lipinski definition) is 0. The molecule has 0 saturated carbocycles. The second kappa shape index (κ2) is 5.99. The fourth-order valence-corrected chi connectivity index (χ4v) is 1.10. The molecule has 0 N–H and O–H groups in total. The van der Waals surface area contributed by atoms with Crippen molar-refractivity contribution >= 4 is 5.78 Å². The van der Waals surface area contributed by atoms with E-state index >= 15 is 0 Å². The molecule has 0 bridgehead atoms. The van der Waals surface area contributed by atoms with E-state index in [9.17, 15) is 4.79 Å². The predicted octanol–water partition coefficient (Wildman–Crippen LogP) is 3.35. The maximum absolute atomic E-state index is 10.6. The van der Waals surface area contributed by atoms with Gasteiger partial charge in [-0.3, -0.25) is 0 Å². The average molecular weight is 168 g/mol. The number of ketones is 1. The molecule has 0 heterocycles. The molecule has 0 aromatic carbocycles. The minimum atomic E-state index is 0.284. The SMILES string of the molecule is C=C(CCCC(C)=O)C(C)CC. The summed E-state index contributed by atoms with van der Waals surface area (Å²) in [7, 11) is 0. The first-order valence-corrected chi connectivity index (χ1v) is 4.75. The number of hydrogen-bond acceptors (Lipinski definition) is 1. The number of Topliss-reactive ketones (excluding diaryl/α,β-unsaturated/α-hetero) is 1. The standard InChI is InChI=1S/C11H20O/c1-5-9(2)10(3)7-6-8-11(4)12/h9H,3,5-8H2,1-2,4H3. The Morgan fingerprint density at radius 2 is 2.00 bits per heavy atom. The highest BCUT2D eigenvalue weighted by atomic mass is 16.1. The van der Waals surface area contributed by atoms with Gasteiger partial charge in [-0.1, -0.05) is 26.0 Å². The van der Waals surface area contributed by atoms with Crippen molar-refractivity contribution in [3.63, 3.8) is 0 Å². The fourth-order valence-electron chi connectivity index (χ4n) is 1.10. The van der Waals surface area contributed by atoms with Crippen LogP contribution in [0.5, 0.6) is 0 Å². The molecule has 0 aliphatic heterocycles. The van der Waals surface area contributed by atoms with Crippen LogP contribution in [0.25, 0.3) is 0 Å². The van der Waals surface area contributed by atoms with Gasteiger partial charge < -0.3 is 4.79 Å². The third-order valence-electron chi connectivity index (χ3n) is 2.34. The van der Waals surface area contributed by atoms with Crippen LogP contribution >= 0.6 is 0 Å². The summed E-state index contributed by atoms with van der Waals surface area (Å²) in [6, 6.07) is 0. The Morgan fingerprint density at radius 1 is 1.42 bits per heavy atom. The van der Waals surface area contributed by atoms with Gasteiger partial charge in [0.15, 0.2) is 0 Å². The molecule has 0 rings (SSSR count). The first-order valence-electron chi connectivity index (χ1n) is 4.75. The van der Waals surface area contributed by atoms with Crippen LogP contribution in [-0.2, 0) is 4.79 Å². The van der Waals surface area contributed by atoms with Crippen molar-refractivity contribution in [1.29, 1.82) is 0 Å². The molecule has 0 aromatic rings. The first kappa shape index (κ1) is 11.4. The molecule has 12 heavy (non-hydrogen) atoms. The molecule has 1 unspecified atom stereocenters. The average Bonchev–Trinajstić information content (AvgIpc) is 2.02. The Labute approximate surface area is 75.9 Å². The summed E-state index contributed by atoms with van der Waals surface area (Å²) in [5.41, 5.74) is 1.29. The summed E-state index contributed by atoms with van der Waals surface area (Å²) in [4.78, 5) is 10.6. The summed E-state index contributed by atoms with van der Waals surface area (Å²) >= 11 is 0. The zero-order chi connectivity index (χ0) is 9.56. The Kier molecular flexibility index (Phi) is 5.69. The van der Waals surface area contributed by atoms with E-state index in [4.69, 9.17) is 0 Å². The third kappa shape index (κ3) is 5.11. The van der Waals surface area contributed by atoms with Crippen LogP contribution < -0.4 is 0 Å². The first-order chi connectivity index (χ1) is 5.57. The molecule has 0 fully saturated rings. The highest BCUT2D eigenvalue weighted by Gasteiger charge is 2.03. The molecular weight excluding hydrogens is 148 g/mol. The van der Waals surface area contributed by atoms with Crippen molar-refractivity contribution in [3.8, 4) is 0 Å². The van der Waals surface area contributed by atoms with Crippen LogP contribution in [0.15, 0.2) is 12.2 Å². The number of carbonyl (C=O) groups is 1. The molecule has 0 saturated heterocycles. The van der Waals surface area contributed by atoms with Crippen molar-refractivity contribution < 1.29 is 4.79 Å². The van der Waals surface area contributed by atoms with Gasteiger partial charge in [0.1, 0.15) is 5.78 Å². The summed E-state index contributed by atoms with van der Waals surface area (Å²) in [5.74, 6) is 0.893. The topological polar surface area (TPSA) is 17.1 Å². The van der Waals surface area contributed by atoms with Gasteiger partial charge in [-0.05, 0) is 32.1 Å². The van der Waals surface area contributed by atoms with E-state index in [2.05, 4.69) is 20.4 Å². The Hall–Kier alpha value is -0.590. The molecule has 0 radical (unpaired) electrons. The van der Waals surface area contributed by atoms with Crippen molar-refractivity contribution in [3.05, 3.63) is 12.2 Å². The van der Waals surface area contributed by atoms with E-state index in [0.717, 1.165) is 19.3 Å². The van der Waals surface area contributed by atoms with Gasteiger partial charge in [0.25, 0.3) is 0 Å². The Balaban J connectivity index is 3.50. The highest BCUT2D eigenvalue weighted by molar-refractivity contribution is 5.75. The van der Waals surface area contributed by atoms with Gasteiger partial charge in [0.2, 0.25) is 0 Å². The van der Waals surface area contributed by atoms with Crippen molar-refractivity contribution in [2.24, 2.45) is 5.92 Å². The van der Waals surface area contributed by atoms with E-state index in [1.165, 1.54) is 5.57 Å². The number of allylic oxidation sites excluding steroid dienone is 1. The normalized spacial score (nSPS) is 12.6. The van der Waals surface area contributed by atoms with Crippen LogP contribution in [0.1, 0.15) is 46.5 Å². The van der Waals surface area contributed by atoms with E-state index in [1.807, 2.05) is 0 Å². The van der Waals surface area contributed by atoms with E-state index in [-0.39, 0.29) is 5.78 Å². The van der Waals surface area contributed by atoms with Gasteiger partial charge >= 0.3 is 0 Å². The van der Waals surface area contributed by atoms with Gasteiger partial charge in [-0.15, -0.1) is 0 Å². The van der Waals surface area contributed by atoms with Crippen LogP contribution in [0.4, 0.5) is 0 Å². The lowest BCUT2D eigenvalue weighted by atomic mass is 9.95. The van der Waals surface area contributed by atoms with Gasteiger partial charge in [0, 0.05) is 6.42 Å². The van der Waals surface area contributed by atoms with E-state index in [0.29, 0.717) is 12.3 Å². The molecule has 0 spiro atoms. The lowest BCUT2D eigenvalue weighted by Crippen LogP contribution is -1.98. The van der Waals surface area contributed by atoms with Gasteiger partial charge in [-0.25, -0.2) is 0 Å². The van der Waals surface area contributed by atoms with Crippen LogP contribution in [-0.4, -0.2) is 5.78 Å². The fraction of sp³-hybridized carbons (Fsp3) is 0.727. The van der Waals surface area contributed by atoms with Gasteiger partial charge in [-0.2, -0.15) is 0 Å². The number of rotatable bonds is 6. The summed E-state index contributed by atoms with van der Waals surface area (Å²) in [5, 5.41) is 0. The van der Waals surface area contributed by atoms with Gasteiger partial charge in [0.05, 0.1) is 0 Å². The molecule has 1 heteroatoms. The minimum absolute atomic E-state index is 0.284. The molecule has 70 valence electrons. The molecule has 1 nitrogen and oxygen atoms in total. The van der Waals surface area contributed by atoms with Crippen molar-refractivity contribution in [2.45, 2.75) is 46.5 Å². The maximum Gasteiger partial charge on any atom is 0.129 e. The van der Waals surface area contributed by atoms with Crippen molar-refractivity contribution in [2.75, 3.05) is 0 Å². The smallest absolute Gasteiger partial charge is 0.129 e. The van der Waals surface area contributed by atoms with Crippen LogP contribution in [0, 0.1) is 5.92 Å². The molecule has 0 aromatic heterocycles. The second-order valence-corrected chi connectivity index (χ2v) is 3.52. The lowest BCUT2D eigenvalue weighted by Gasteiger charge is -2.11. The quantitative estimate of drug-likeness (QED) is 0.556. The summed E-state index contributed by atoms with van der Waals surface area (Å²) in [6.45, 7) is 10.0. The Bertz CT molecular complexity index is 158. The third-order valence-corrected chi connectivity index (χ3v) is 2.34. The number of carbonyl (C=O) groups excluding carboxylic acids is 1. The van der Waals surface area contributed by atoms with E-state index in [1.54, 1.807) is 6.92 Å². The maximum atomic E-state index is 10.6. The molecule has 0 aliphatic rings. The predicted molar refractivity (Wildman–Crippen MR) is 53.1 cm³/mol. The minimum Gasteiger partial charge on any atom is -0.300 e. The van der Waals surface area contributed by atoms with Crippen LogP contribution in [0.3, 0.4) is 0 Å². The monoisotopic (exact) mass is 168 g/mol. The molecule has 0 aliphatic carbocycles. The second-order valence-electron chi connectivity index (χ2n) is 3.52. The Morgan fingerprint density at radius 3 is 2.42 bits per heavy atom. The van der Waals surface area contributed by atoms with E-state index < -0.39 is 0 Å². The largest absolute Gasteiger partial charge is 0.300 e. The zero-order valence-corrected chi connectivity index (χ0v) is 8.52. The lowest BCUT2D eigenvalue weighted by molar-refractivity contribution is -0.117. The summed E-state index contributed by atoms with van der Waals surface area (Å²) in [6.07, 6.45) is 3.83. The van der Waals surface area contributed by atoms with Crippen LogP contribution in [0.2, 0.25) is 0 Å².